The normalized spacial score (nSPS) is 13.1. The van der Waals surface area contributed by atoms with Crippen molar-refractivity contribution in [3.05, 3.63) is 66.8 Å². The zero-order valence-electron chi connectivity index (χ0n) is 13.8. The monoisotopic (exact) mass is 317 g/mol. The maximum absolute atomic E-state index is 4.52. The molecule has 1 N–H and O–H groups in total. The molecule has 1 aromatic heterocycles. The standard InChI is InChI=1S/C19H19N5/c1-13-22-17-9-15-16(10-18(17)24(13)3)20-12-21-19(15)23(2)11-14-7-5-4-6-8-14/h4-10,12,22H,1,11H2,2-3H3. The van der Waals surface area contributed by atoms with Crippen LogP contribution in [0.4, 0.5) is 17.2 Å². The summed E-state index contributed by atoms with van der Waals surface area (Å²) >= 11 is 0. The first kappa shape index (κ1) is 14.5. The lowest BCUT2D eigenvalue weighted by atomic mass is 10.1. The Labute approximate surface area is 141 Å². The highest BCUT2D eigenvalue weighted by Crippen LogP contribution is 2.39. The lowest BCUT2D eigenvalue weighted by Crippen LogP contribution is -2.18. The number of hydrogen-bond acceptors (Lipinski definition) is 5. The molecule has 0 bridgehead atoms. The van der Waals surface area contributed by atoms with Gasteiger partial charge in [-0.25, -0.2) is 9.97 Å². The van der Waals surface area contributed by atoms with Crippen molar-refractivity contribution in [2.24, 2.45) is 0 Å². The van der Waals surface area contributed by atoms with E-state index in [4.69, 9.17) is 0 Å². The van der Waals surface area contributed by atoms with Crippen LogP contribution in [0.25, 0.3) is 10.9 Å². The molecule has 0 amide bonds. The molecule has 0 saturated heterocycles. The second-order valence-electron chi connectivity index (χ2n) is 6.06. The van der Waals surface area contributed by atoms with Gasteiger partial charge in [0.05, 0.1) is 16.9 Å². The van der Waals surface area contributed by atoms with Gasteiger partial charge in [0, 0.05) is 26.0 Å². The third-order valence-electron chi connectivity index (χ3n) is 4.40. The first-order valence-electron chi connectivity index (χ1n) is 7.87. The van der Waals surface area contributed by atoms with Crippen molar-refractivity contribution in [3.63, 3.8) is 0 Å². The summed E-state index contributed by atoms with van der Waals surface area (Å²) < 4.78 is 0. The van der Waals surface area contributed by atoms with Crippen molar-refractivity contribution < 1.29 is 0 Å². The second-order valence-corrected chi connectivity index (χ2v) is 6.06. The summed E-state index contributed by atoms with van der Waals surface area (Å²) in [6.45, 7) is 4.82. The maximum Gasteiger partial charge on any atom is 0.140 e. The van der Waals surface area contributed by atoms with E-state index in [-0.39, 0.29) is 0 Å². The molecule has 2 heterocycles. The number of rotatable bonds is 3. The Bertz CT molecular complexity index is 920. The Balaban J connectivity index is 1.76. The smallest absolute Gasteiger partial charge is 0.140 e. The molecular formula is C19H19N5. The average molecular weight is 317 g/mol. The molecule has 0 unspecified atom stereocenters. The first-order chi connectivity index (χ1) is 11.6. The van der Waals surface area contributed by atoms with Gasteiger partial charge in [-0.15, -0.1) is 0 Å². The van der Waals surface area contributed by atoms with Crippen LogP contribution in [-0.2, 0) is 6.54 Å². The summed E-state index contributed by atoms with van der Waals surface area (Å²) in [5.74, 6) is 1.79. The molecule has 3 aromatic rings. The molecule has 2 aromatic carbocycles. The molecule has 1 aliphatic rings. The highest BCUT2D eigenvalue weighted by molar-refractivity contribution is 5.98. The molecule has 5 heteroatoms. The van der Waals surface area contributed by atoms with Gasteiger partial charge in [0.25, 0.3) is 0 Å². The van der Waals surface area contributed by atoms with Gasteiger partial charge in [-0.3, -0.25) is 0 Å². The van der Waals surface area contributed by atoms with E-state index in [0.717, 1.165) is 40.5 Å². The zero-order valence-corrected chi connectivity index (χ0v) is 13.8. The van der Waals surface area contributed by atoms with Crippen LogP contribution in [0, 0.1) is 0 Å². The number of fused-ring (bicyclic) bond motifs is 2. The van der Waals surface area contributed by atoms with Crippen molar-refractivity contribution in [2.45, 2.75) is 6.54 Å². The van der Waals surface area contributed by atoms with Gasteiger partial charge in [0.2, 0.25) is 0 Å². The van der Waals surface area contributed by atoms with Crippen LogP contribution < -0.4 is 15.1 Å². The molecule has 4 rings (SSSR count). The first-order valence-corrected chi connectivity index (χ1v) is 7.87. The number of anilines is 3. The fraction of sp³-hybridized carbons (Fsp3) is 0.158. The minimum atomic E-state index is 0.796. The van der Waals surface area contributed by atoms with Gasteiger partial charge in [0.1, 0.15) is 18.0 Å². The van der Waals surface area contributed by atoms with E-state index in [9.17, 15) is 0 Å². The Morgan fingerprint density at radius 1 is 1.17 bits per heavy atom. The largest absolute Gasteiger partial charge is 0.355 e. The number of aromatic nitrogens is 2. The SMILES string of the molecule is C=C1Nc2cc3c(N(C)Cc4ccccc4)ncnc3cc2N1C. The number of benzene rings is 2. The molecule has 0 aliphatic carbocycles. The molecule has 24 heavy (non-hydrogen) atoms. The molecule has 0 spiro atoms. The Hall–Kier alpha value is -3.08. The van der Waals surface area contributed by atoms with Crippen LogP contribution in [0.3, 0.4) is 0 Å². The van der Waals surface area contributed by atoms with Crippen molar-refractivity contribution >= 4 is 28.1 Å². The predicted molar refractivity (Wildman–Crippen MR) is 99.3 cm³/mol. The summed E-state index contributed by atoms with van der Waals surface area (Å²) in [6, 6.07) is 14.6. The molecular weight excluding hydrogens is 298 g/mol. The van der Waals surface area contributed by atoms with Gasteiger partial charge in [-0.05, 0) is 17.7 Å². The zero-order chi connectivity index (χ0) is 16.7. The average Bonchev–Trinajstić information content (AvgIpc) is 2.87. The van der Waals surface area contributed by atoms with Crippen molar-refractivity contribution in [2.75, 3.05) is 29.2 Å². The molecule has 0 fully saturated rings. The van der Waals surface area contributed by atoms with E-state index >= 15 is 0 Å². The lowest BCUT2D eigenvalue weighted by molar-refractivity contribution is 0.900. The number of nitrogens with zero attached hydrogens (tertiary/aromatic N) is 4. The van der Waals surface area contributed by atoms with Crippen LogP contribution >= 0.6 is 0 Å². The minimum absolute atomic E-state index is 0.796. The molecule has 0 atom stereocenters. The summed E-state index contributed by atoms with van der Waals surface area (Å²) in [7, 11) is 4.05. The predicted octanol–water partition coefficient (Wildman–Crippen LogP) is 3.60. The molecule has 1 aliphatic heterocycles. The quantitative estimate of drug-likeness (QED) is 0.799. The second kappa shape index (κ2) is 5.53. The summed E-state index contributed by atoms with van der Waals surface area (Å²) in [5.41, 5.74) is 4.31. The van der Waals surface area contributed by atoms with Crippen LogP contribution in [0.5, 0.6) is 0 Å². The number of hydrogen-bond donors (Lipinski definition) is 1. The van der Waals surface area contributed by atoms with Gasteiger partial charge in [-0.1, -0.05) is 36.9 Å². The lowest BCUT2D eigenvalue weighted by Gasteiger charge is -2.20. The van der Waals surface area contributed by atoms with E-state index in [2.05, 4.69) is 70.2 Å². The third-order valence-corrected chi connectivity index (χ3v) is 4.40. The Morgan fingerprint density at radius 3 is 2.75 bits per heavy atom. The molecule has 5 nitrogen and oxygen atoms in total. The fourth-order valence-electron chi connectivity index (χ4n) is 3.08. The van der Waals surface area contributed by atoms with Crippen molar-refractivity contribution in [3.8, 4) is 0 Å². The van der Waals surface area contributed by atoms with Crippen LogP contribution in [-0.4, -0.2) is 24.1 Å². The van der Waals surface area contributed by atoms with E-state index < -0.39 is 0 Å². The number of nitrogens with one attached hydrogen (secondary N) is 1. The molecule has 0 radical (unpaired) electrons. The van der Waals surface area contributed by atoms with E-state index in [1.165, 1.54) is 5.56 Å². The topological polar surface area (TPSA) is 44.3 Å². The Kier molecular flexibility index (Phi) is 3.34. The summed E-state index contributed by atoms with van der Waals surface area (Å²) in [5, 5.41) is 4.35. The highest BCUT2D eigenvalue weighted by atomic mass is 15.3. The summed E-state index contributed by atoms with van der Waals surface area (Å²) in [6.07, 6.45) is 1.63. The Morgan fingerprint density at radius 2 is 1.96 bits per heavy atom. The van der Waals surface area contributed by atoms with Crippen molar-refractivity contribution in [1.82, 2.24) is 9.97 Å². The van der Waals surface area contributed by atoms with E-state index in [0.29, 0.717) is 0 Å². The van der Waals surface area contributed by atoms with Gasteiger partial charge in [0.15, 0.2) is 0 Å². The van der Waals surface area contributed by atoms with Gasteiger partial charge in [-0.2, -0.15) is 0 Å². The fourth-order valence-corrected chi connectivity index (χ4v) is 3.08. The van der Waals surface area contributed by atoms with Gasteiger partial charge < -0.3 is 15.1 Å². The van der Waals surface area contributed by atoms with E-state index in [1.54, 1.807) is 6.33 Å². The maximum atomic E-state index is 4.52. The summed E-state index contributed by atoms with van der Waals surface area (Å²) in [4.78, 5) is 13.1. The third kappa shape index (κ3) is 2.34. The molecule has 0 saturated carbocycles. The van der Waals surface area contributed by atoms with E-state index in [1.807, 2.05) is 18.0 Å². The highest BCUT2D eigenvalue weighted by Gasteiger charge is 2.21. The van der Waals surface area contributed by atoms with Crippen LogP contribution in [0.15, 0.2) is 61.2 Å². The minimum Gasteiger partial charge on any atom is -0.355 e. The molecule has 120 valence electrons. The van der Waals surface area contributed by atoms with Gasteiger partial charge >= 0.3 is 0 Å². The van der Waals surface area contributed by atoms with Crippen LogP contribution in [0.2, 0.25) is 0 Å². The van der Waals surface area contributed by atoms with Crippen LogP contribution in [0.1, 0.15) is 5.56 Å². The van der Waals surface area contributed by atoms with Crippen molar-refractivity contribution in [1.29, 1.82) is 0 Å².